The van der Waals surface area contributed by atoms with Gasteiger partial charge < -0.3 is 4.57 Å². The summed E-state index contributed by atoms with van der Waals surface area (Å²) in [5, 5.41) is 0.108. The van der Waals surface area contributed by atoms with Gasteiger partial charge in [-0.3, -0.25) is 0 Å². The number of aromatic nitrogens is 2. The molecule has 5 heteroatoms. The second-order valence-electron chi connectivity index (χ2n) is 5.31. The van der Waals surface area contributed by atoms with Gasteiger partial charge >= 0.3 is 0 Å². The fraction of sp³-hybridized carbons (Fsp3) is 0.533. The number of aryl methyl sites for hydroxylation is 1. The van der Waals surface area contributed by atoms with E-state index < -0.39 is 5.82 Å². The van der Waals surface area contributed by atoms with Crippen molar-refractivity contribution in [2.24, 2.45) is 5.92 Å². The first-order valence-electron chi connectivity index (χ1n) is 6.91. The van der Waals surface area contributed by atoms with Gasteiger partial charge in [0.1, 0.15) is 11.6 Å². The summed E-state index contributed by atoms with van der Waals surface area (Å²) < 4.78 is 15.9. The zero-order valence-corrected chi connectivity index (χ0v) is 13.5. The zero-order valence-electron chi connectivity index (χ0n) is 12.0. The number of benzene rings is 1. The zero-order chi connectivity index (χ0) is 14.9. The predicted octanol–water partition coefficient (Wildman–Crippen LogP) is 5.22. The largest absolute Gasteiger partial charge is 0.324 e. The fourth-order valence-electron chi connectivity index (χ4n) is 2.72. The van der Waals surface area contributed by atoms with Gasteiger partial charge in [0.05, 0.1) is 16.1 Å². The molecule has 0 saturated carbocycles. The average molecular weight is 317 g/mol. The van der Waals surface area contributed by atoms with Crippen LogP contribution in [-0.4, -0.2) is 15.4 Å². The van der Waals surface area contributed by atoms with Crippen LogP contribution in [0.4, 0.5) is 4.39 Å². The maximum absolute atomic E-state index is 13.8. The van der Waals surface area contributed by atoms with Crippen molar-refractivity contribution in [2.45, 2.75) is 39.7 Å². The highest BCUT2D eigenvalue weighted by molar-refractivity contribution is 6.31. The van der Waals surface area contributed by atoms with Crippen LogP contribution in [0.15, 0.2) is 12.1 Å². The molecule has 110 valence electrons. The van der Waals surface area contributed by atoms with Gasteiger partial charge in [0.25, 0.3) is 0 Å². The summed E-state index contributed by atoms with van der Waals surface area (Å²) in [7, 11) is 0. The molecule has 1 heterocycles. The SMILES string of the molecule is CCC(C(C)C)n1c(CCCl)nc2cc(Cl)c(F)cc21. The van der Waals surface area contributed by atoms with Gasteiger partial charge in [0, 0.05) is 24.4 Å². The van der Waals surface area contributed by atoms with Gasteiger partial charge in [0.15, 0.2) is 0 Å². The van der Waals surface area contributed by atoms with Crippen LogP contribution in [0, 0.1) is 11.7 Å². The topological polar surface area (TPSA) is 17.8 Å². The number of hydrogen-bond acceptors (Lipinski definition) is 1. The van der Waals surface area contributed by atoms with Crippen molar-refractivity contribution in [2.75, 3.05) is 5.88 Å². The van der Waals surface area contributed by atoms with Crippen LogP contribution in [0.25, 0.3) is 11.0 Å². The molecule has 2 nitrogen and oxygen atoms in total. The lowest BCUT2D eigenvalue weighted by atomic mass is 10.0. The minimum atomic E-state index is -0.406. The monoisotopic (exact) mass is 316 g/mol. The Morgan fingerprint density at radius 1 is 1.35 bits per heavy atom. The van der Waals surface area contributed by atoms with Crippen LogP contribution in [0.1, 0.15) is 39.1 Å². The molecule has 1 aromatic heterocycles. The highest BCUT2D eigenvalue weighted by atomic mass is 35.5. The van der Waals surface area contributed by atoms with Crippen LogP contribution in [0.2, 0.25) is 5.02 Å². The number of alkyl halides is 1. The first-order chi connectivity index (χ1) is 9.49. The van der Waals surface area contributed by atoms with Crippen LogP contribution in [0.3, 0.4) is 0 Å². The number of halogens is 3. The Morgan fingerprint density at radius 2 is 2.05 bits per heavy atom. The molecule has 0 amide bonds. The molecule has 0 spiro atoms. The number of fused-ring (bicyclic) bond motifs is 1. The van der Waals surface area contributed by atoms with E-state index in [1.165, 1.54) is 6.07 Å². The third-order valence-electron chi connectivity index (χ3n) is 3.64. The smallest absolute Gasteiger partial charge is 0.144 e. The van der Waals surface area contributed by atoms with E-state index in [9.17, 15) is 4.39 Å². The molecule has 1 unspecified atom stereocenters. The van der Waals surface area contributed by atoms with Gasteiger partial charge in [-0.15, -0.1) is 11.6 Å². The van der Waals surface area contributed by atoms with E-state index in [1.54, 1.807) is 6.07 Å². The Labute approximate surface area is 128 Å². The van der Waals surface area contributed by atoms with Crippen LogP contribution < -0.4 is 0 Å². The Balaban J connectivity index is 2.70. The quantitative estimate of drug-likeness (QED) is 0.692. The molecule has 1 aromatic carbocycles. The van der Waals surface area contributed by atoms with Gasteiger partial charge in [-0.25, -0.2) is 9.37 Å². The maximum Gasteiger partial charge on any atom is 0.144 e. The second-order valence-corrected chi connectivity index (χ2v) is 6.10. The van der Waals surface area contributed by atoms with E-state index in [0.29, 0.717) is 18.2 Å². The summed E-state index contributed by atoms with van der Waals surface area (Å²) in [6.45, 7) is 6.46. The van der Waals surface area contributed by atoms with E-state index in [4.69, 9.17) is 23.2 Å². The molecule has 0 fully saturated rings. The number of imidazole rings is 1. The minimum absolute atomic E-state index is 0.108. The predicted molar refractivity (Wildman–Crippen MR) is 83.3 cm³/mol. The highest BCUT2D eigenvalue weighted by Crippen LogP contribution is 2.31. The number of rotatable bonds is 5. The third-order valence-corrected chi connectivity index (χ3v) is 4.12. The summed E-state index contributed by atoms with van der Waals surface area (Å²) in [5.41, 5.74) is 1.53. The second kappa shape index (κ2) is 6.31. The lowest BCUT2D eigenvalue weighted by Gasteiger charge is -2.24. The molecule has 0 N–H and O–H groups in total. The molecule has 0 aliphatic carbocycles. The summed E-state index contributed by atoms with van der Waals surface area (Å²) in [6.07, 6.45) is 1.63. The number of nitrogens with zero attached hydrogens (tertiary/aromatic N) is 2. The van der Waals surface area contributed by atoms with Crippen molar-refractivity contribution < 1.29 is 4.39 Å². The molecule has 1 atom stereocenters. The van der Waals surface area contributed by atoms with E-state index in [1.807, 2.05) is 0 Å². The molecule has 0 saturated heterocycles. The maximum atomic E-state index is 13.8. The summed E-state index contributed by atoms with van der Waals surface area (Å²) in [6, 6.07) is 3.35. The lowest BCUT2D eigenvalue weighted by molar-refractivity contribution is 0.365. The van der Waals surface area contributed by atoms with Crippen molar-refractivity contribution in [3.8, 4) is 0 Å². The van der Waals surface area contributed by atoms with Crippen molar-refractivity contribution >= 4 is 34.2 Å². The van der Waals surface area contributed by atoms with E-state index in [-0.39, 0.29) is 11.1 Å². The third kappa shape index (κ3) is 2.79. The van der Waals surface area contributed by atoms with E-state index in [0.717, 1.165) is 23.3 Å². The number of hydrogen-bond donors (Lipinski definition) is 0. The van der Waals surface area contributed by atoms with Crippen molar-refractivity contribution in [1.82, 2.24) is 9.55 Å². The van der Waals surface area contributed by atoms with E-state index >= 15 is 0 Å². The van der Waals surface area contributed by atoms with Crippen molar-refractivity contribution in [1.29, 1.82) is 0 Å². The standard InChI is InChI=1S/C15H19Cl2FN2/c1-4-13(9(2)3)20-14-8-11(18)10(17)7-12(14)19-15(20)5-6-16/h7-9,13H,4-6H2,1-3H3. The summed E-state index contributed by atoms with van der Waals surface area (Å²) >= 11 is 11.7. The molecule has 2 rings (SSSR count). The average Bonchev–Trinajstić information content (AvgIpc) is 2.70. The van der Waals surface area contributed by atoms with Crippen molar-refractivity contribution in [3.63, 3.8) is 0 Å². The van der Waals surface area contributed by atoms with Gasteiger partial charge in [-0.1, -0.05) is 32.4 Å². The Bertz CT molecular complexity index is 607. The van der Waals surface area contributed by atoms with E-state index in [2.05, 4.69) is 30.3 Å². The first-order valence-corrected chi connectivity index (χ1v) is 7.82. The summed E-state index contributed by atoms with van der Waals surface area (Å²) in [5.74, 6) is 1.42. The summed E-state index contributed by atoms with van der Waals surface area (Å²) in [4.78, 5) is 4.58. The molecular weight excluding hydrogens is 298 g/mol. The Kier molecular flexibility index (Phi) is 4.92. The van der Waals surface area contributed by atoms with Crippen LogP contribution >= 0.6 is 23.2 Å². The molecular formula is C15H19Cl2FN2. The van der Waals surface area contributed by atoms with Gasteiger partial charge in [0.2, 0.25) is 0 Å². The normalized spacial score (nSPS) is 13.3. The minimum Gasteiger partial charge on any atom is -0.324 e. The molecule has 0 bridgehead atoms. The molecule has 0 aliphatic rings. The molecule has 20 heavy (non-hydrogen) atoms. The first kappa shape index (κ1) is 15.6. The molecule has 0 aliphatic heterocycles. The molecule has 2 aromatic rings. The van der Waals surface area contributed by atoms with Gasteiger partial charge in [-0.2, -0.15) is 0 Å². The van der Waals surface area contributed by atoms with Crippen LogP contribution in [0.5, 0.6) is 0 Å². The lowest BCUT2D eigenvalue weighted by Crippen LogP contribution is -2.17. The molecule has 0 radical (unpaired) electrons. The van der Waals surface area contributed by atoms with Gasteiger partial charge in [-0.05, 0) is 18.4 Å². The Morgan fingerprint density at radius 3 is 2.60 bits per heavy atom. The Hall–Kier alpha value is -0.800. The van der Waals surface area contributed by atoms with Crippen molar-refractivity contribution in [3.05, 3.63) is 28.8 Å². The fourth-order valence-corrected chi connectivity index (χ4v) is 3.05. The van der Waals surface area contributed by atoms with Crippen LogP contribution in [-0.2, 0) is 6.42 Å². The highest BCUT2D eigenvalue weighted by Gasteiger charge is 2.21.